The molecular weight excluding hydrogens is 296 g/mol. The molecule has 1 atom stereocenters. The first-order valence-corrected chi connectivity index (χ1v) is 7.31. The van der Waals surface area contributed by atoms with Gasteiger partial charge >= 0.3 is 12.0 Å². The number of carbonyl (C=O) groups excluding carboxylic acids is 2. The van der Waals surface area contributed by atoms with Gasteiger partial charge < -0.3 is 19.9 Å². The molecule has 0 bridgehead atoms. The Hall–Kier alpha value is -2.83. The maximum atomic E-state index is 12.6. The van der Waals surface area contributed by atoms with Gasteiger partial charge in [-0.25, -0.2) is 14.6 Å². The number of methoxy groups -OCH3 is 1. The predicted octanol–water partition coefficient (Wildman–Crippen LogP) is 1.85. The van der Waals surface area contributed by atoms with Crippen LogP contribution in [-0.4, -0.2) is 40.0 Å². The van der Waals surface area contributed by atoms with Crippen molar-refractivity contribution in [2.75, 3.05) is 12.4 Å². The highest BCUT2D eigenvalue weighted by Gasteiger charge is 2.36. The number of amides is 2. The molecule has 7 heteroatoms. The lowest BCUT2D eigenvalue weighted by molar-refractivity contribution is -0.146. The number of hydrogen-bond donors (Lipinski definition) is 2. The minimum atomic E-state index is -0.679. The summed E-state index contributed by atoms with van der Waals surface area (Å²) in [6.45, 7) is 2.26. The number of carbonyl (C=O) groups is 2. The minimum Gasteiger partial charge on any atom is -0.467 e. The second kappa shape index (κ2) is 6.12. The standard InChI is InChI=1S/C16H18N4O3/c1-10-3-5-11(6-4-10)19-16(22)20-8-13-12(17-9-18-13)7-14(20)15(21)23-2/h3-6,9,14H,7-8H2,1-2H3,(H,17,18)(H,19,22). The number of H-pyrrole nitrogens is 1. The maximum absolute atomic E-state index is 12.6. The molecule has 0 fully saturated rings. The normalized spacial score (nSPS) is 16.6. The monoisotopic (exact) mass is 314 g/mol. The van der Waals surface area contributed by atoms with E-state index in [4.69, 9.17) is 4.74 Å². The quantitative estimate of drug-likeness (QED) is 0.828. The highest BCUT2D eigenvalue weighted by Crippen LogP contribution is 2.22. The van der Waals surface area contributed by atoms with Gasteiger partial charge in [-0.05, 0) is 19.1 Å². The Kier molecular flexibility index (Phi) is 4.01. The van der Waals surface area contributed by atoms with Crippen molar-refractivity contribution in [3.63, 3.8) is 0 Å². The zero-order valence-electron chi connectivity index (χ0n) is 13.0. The number of urea groups is 1. The van der Waals surface area contributed by atoms with Crippen molar-refractivity contribution >= 4 is 17.7 Å². The number of esters is 1. The van der Waals surface area contributed by atoms with Crippen LogP contribution in [0.5, 0.6) is 0 Å². The lowest BCUT2D eigenvalue weighted by atomic mass is 10.0. The summed E-state index contributed by atoms with van der Waals surface area (Å²) in [6.07, 6.45) is 1.91. The van der Waals surface area contributed by atoms with Crippen LogP contribution in [-0.2, 0) is 22.5 Å². The molecule has 1 aromatic heterocycles. The van der Waals surface area contributed by atoms with Gasteiger partial charge in [-0.15, -0.1) is 0 Å². The number of nitrogens with zero attached hydrogens (tertiary/aromatic N) is 2. The van der Waals surface area contributed by atoms with E-state index in [2.05, 4.69) is 15.3 Å². The molecule has 23 heavy (non-hydrogen) atoms. The van der Waals surface area contributed by atoms with Crippen LogP contribution in [0.1, 0.15) is 17.0 Å². The van der Waals surface area contributed by atoms with Crippen molar-refractivity contribution in [3.8, 4) is 0 Å². The highest BCUT2D eigenvalue weighted by atomic mass is 16.5. The molecule has 1 aromatic carbocycles. The van der Waals surface area contributed by atoms with E-state index in [1.807, 2.05) is 31.2 Å². The molecule has 2 aromatic rings. The summed E-state index contributed by atoms with van der Waals surface area (Å²) in [6, 6.07) is 6.45. The van der Waals surface area contributed by atoms with E-state index in [0.717, 1.165) is 17.0 Å². The number of fused-ring (bicyclic) bond motifs is 1. The lowest BCUT2D eigenvalue weighted by Crippen LogP contribution is -2.50. The molecule has 1 aliphatic heterocycles. The van der Waals surface area contributed by atoms with Crippen LogP contribution in [0.25, 0.3) is 0 Å². The molecular formula is C16H18N4O3. The van der Waals surface area contributed by atoms with Gasteiger partial charge in [0, 0.05) is 12.1 Å². The van der Waals surface area contributed by atoms with Crippen LogP contribution in [0, 0.1) is 6.92 Å². The lowest BCUT2D eigenvalue weighted by Gasteiger charge is -2.33. The first-order valence-electron chi connectivity index (χ1n) is 7.31. The number of aromatic nitrogens is 2. The molecule has 0 radical (unpaired) electrons. The third kappa shape index (κ3) is 3.03. The second-order valence-corrected chi connectivity index (χ2v) is 5.49. The molecule has 1 unspecified atom stereocenters. The Morgan fingerprint density at radius 3 is 2.78 bits per heavy atom. The average Bonchev–Trinajstić information content (AvgIpc) is 3.02. The van der Waals surface area contributed by atoms with Gasteiger partial charge in [0.25, 0.3) is 0 Å². The topological polar surface area (TPSA) is 87.3 Å². The zero-order valence-corrected chi connectivity index (χ0v) is 13.0. The minimum absolute atomic E-state index is 0.285. The number of anilines is 1. The molecule has 2 N–H and O–H groups in total. The van der Waals surface area contributed by atoms with Gasteiger partial charge in [-0.1, -0.05) is 17.7 Å². The van der Waals surface area contributed by atoms with Crippen LogP contribution in [0.15, 0.2) is 30.6 Å². The molecule has 3 rings (SSSR count). The van der Waals surface area contributed by atoms with Gasteiger partial charge in [0.15, 0.2) is 0 Å². The number of rotatable bonds is 2. The van der Waals surface area contributed by atoms with Crippen molar-refractivity contribution in [1.29, 1.82) is 0 Å². The van der Waals surface area contributed by atoms with Crippen LogP contribution in [0.4, 0.5) is 10.5 Å². The Labute approximate surface area is 133 Å². The number of ether oxygens (including phenoxy) is 1. The number of aryl methyl sites for hydroxylation is 1. The van der Waals surface area contributed by atoms with Crippen molar-refractivity contribution in [1.82, 2.24) is 14.9 Å². The van der Waals surface area contributed by atoms with E-state index in [1.165, 1.54) is 12.0 Å². The SMILES string of the molecule is COC(=O)C1Cc2nc[nH]c2CN1C(=O)Nc1ccc(C)cc1. The first kappa shape index (κ1) is 15.1. The summed E-state index contributed by atoms with van der Waals surface area (Å²) in [5, 5.41) is 2.82. The van der Waals surface area contributed by atoms with Gasteiger partial charge in [-0.3, -0.25) is 0 Å². The Balaban J connectivity index is 1.81. The fourth-order valence-corrected chi connectivity index (χ4v) is 2.63. The summed E-state index contributed by atoms with van der Waals surface area (Å²) in [5.74, 6) is -0.447. The Morgan fingerprint density at radius 2 is 2.09 bits per heavy atom. The van der Waals surface area contributed by atoms with E-state index in [0.29, 0.717) is 12.1 Å². The summed E-state index contributed by atoms with van der Waals surface area (Å²) >= 11 is 0. The predicted molar refractivity (Wildman–Crippen MR) is 83.8 cm³/mol. The third-order valence-electron chi connectivity index (χ3n) is 3.94. The zero-order chi connectivity index (χ0) is 16.4. The largest absolute Gasteiger partial charge is 0.467 e. The average molecular weight is 314 g/mol. The van der Waals surface area contributed by atoms with E-state index in [1.54, 1.807) is 6.33 Å². The summed E-state index contributed by atoms with van der Waals surface area (Å²) < 4.78 is 4.83. The molecule has 2 heterocycles. The second-order valence-electron chi connectivity index (χ2n) is 5.49. The molecule has 1 aliphatic rings. The number of hydrogen-bond acceptors (Lipinski definition) is 4. The van der Waals surface area contributed by atoms with Crippen LogP contribution in [0.3, 0.4) is 0 Å². The van der Waals surface area contributed by atoms with E-state index < -0.39 is 12.0 Å². The van der Waals surface area contributed by atoms with Crippen molar-refractivity contribution < 1.29 is 14.3 Å². The van der Waals surface area contributed by atoms with Crippen molar-refractivity contribution in [2.24, 2.45) is 0 Å². The van der Waals surface area contributed by atoms with Crippen LogP contribution in [0.2, 0.25) is 0 Å². The van der Waals surface area contributed by atoms with Crippen molar-refractivity contribution in [3.05, 3.63) is 47.5 Å². The number of aromatic amines is 1. The summed E-state index contributed by atoms with van der Waals surface area (Å²) in [7, 11) is 1.32. The van der Waals surface area contributed by atoms with Gasteiger partial charge in [0.1, 0.15) is 6.04 Å². The van der Waals surface area contributed by atoms with Crippen molar-refractivity contribution in [2.45, 2.75) is 25.9 Å². The Morgan fingerprint density at radius 1 is 1.35 bits per heavy atom. The molecule has 2 amide bonds. The maximum Gasteiger partial charge on any atom is 0.329 e. The van der Waals surface area contributed by atoms with Crippen LogP contribution >= 0.6 is 0 Å². The summed E-state index contributed by atoms with van der Waals surface area (Å²) in [4.78, 5) is 33.3. The Bertz CT molecular complexity index is 723. The van der Waals surface area contributed by atoms with E-state index in [-0.39, 0.29) is 12.6 Å². The molecule has 0 saturated carbocycles. The first-order chi connectivity index (χ1) is 11.1. The third-order valence-corrected chi connectivity index (χ3v) is 3.94. The highest BCUT2D eigenvalue weighted by molar-refractivity contribution is 5.93. The van der Waals surface area contributed by atoms with E-state index in [9.17, 15) is 9.59 Å². The molecule has 0 aliphatic carbocycles. The fraction of sp³-hybridized carbons (Fsp3) is 0.312. The molecule has 0 spiro atoms. The fourth-order valence-electron chi connectivity index (χ4n) is 2.63. The number of imidazole rings is 1. The van der Waals surface area contributed by atoms with Gasteiger partial charge in [-0.2, -0.15) is 0 Å². The number of benzene rings is 1. The summed E-state index contributed by atoms with van der Waals surface area (Å²) in [5.41, 5.74) is 3.42. The van der Waals surface area contributed by atoms with Gasteiger partial charge in [0.2, 0.25) is 0 Å². The van der Waals surface area contributed by atoms with Gasteiger partial charge in [0.05, 0.1) is 31.4 Å². The number of nitrogens with one attached hydrogen (secondary N) is 2. The van der Waals surface area contributed by atoms with E-state index >= 15 is 0 Å². The molecule has 120 valence electrons. The smallest absolute Gasteiger partial charge is 0.329 e. The molecule has 0 saturated heterocycles. The van der Waals surface area contributed by atoms with Crippen LogP contribution < -0.4 is 5.32 Å². The molecule has 7 nitrogen and oxygen atoms in total.